The van der Waals surface area contributed by atoms with Crippen molar-refractivity contribution < 1.29 is 9.59 Å². The van der Waals surface area contributed by atoms with Crippen LogP contribution in [0.4, 0.5) is 0 Å². The highest BCUT2D eigenvalue weighted by atomic mass is 16.2. The van der Waals surface area contributed by atoms with Crippen LogP contribution >= 0.6 is 0 Å². The third-order valence-corrected chi connectivity index (χ3v) is 1.98. The number of hydrogen-bond acceptors (Lipinski definition) is 4. The Kier molecular flexibility index (Phi) is 9.16. The molecule has 6 nitrogen and oxygen atoms in total. The lowest BCUT2D eigenvalue weighted by molar-refractivity contribution is -0.120. The number of carbonyl (C=O) groups excluding carboxylic acids is 2. The highest BCUT2D eigenvalue weighted by Crippen LogP contribution is 1.93. The van der Waals surface area contributed by atoms with Gasteiger partial charge in [-0.15, -0.1) is 0 Å². The van der Waals surface area contributed by atoms with E-state index in [1.54, 1.807) is 12.1 Å². The largest absolute Gasteiger partial charge is 0.355 e. The lowest BCUT2D eigenvalue weighted by atomic mass is 10.2. The summed E-state index contributed by atoms with van der Waals surface area (Å²) in [6.45, 7) is 1.10. The number of amides is 2. The molecular weight excluding hydrogens is 220 g/mol. The lowest BCUT2D eigenvalue weighted by Gasteiger charge is -2.04. The van der Waals surface area contributed by atoms with Gasteiger partial charge in [0, 0.05) is 13.1 Å². The Morgan fingerprint density at radius 2 is 1.24 bits per heavy atom. The summed E-state index contributed by atoms with van der Waals surface area (Å²) in [6.07, 6.45) is 2.28. The Hall–Kier alpha value is -2.08. The van der Waals surface area contributed by atoms with E-state index in [9.17, 15) is 9.59 Å². The Balaban J connectivity index is 3.25. The average molecular weight is 236 g/mol. The molecule has 0 aliphatic heterocycles. The zero-order valence-electron chi connectivity index (χ0n) is 9.66. The predicted octanol–water partition coefficient (Wildman–Crippen LogP) is 0.216. The van der Waals surface area contributed by atoms with Gasteiger partial charge in [-0.1, -0.05) is 0 Å². The molecular formula is C11H16N4O2. The summed E-state index contributed by atoms with van der Waals surface area (Å²) in [6, 6.07) is 3.53. The van der Waals surface area contributed by atoms with E-state index in [0.29, 0.717) is 13.1 Å². The molecule has 0 fully saturated rings. The van der Waals surface area contributed by atoms with Gasteiger partial charge >= 0.3 is 0 Å². The monoisotopic (exact) mass is 236 g/mol. The van der Waals surface area contributed by atoms with Crippen molar-refractivity contribution in [2.24, 2.45) is 0 Å². The molecule has 0 aliphatic rings. The smallest absolute Gasteiger partial charge is 0.234 e. The molecule has 17 heavy (non-hydrogen) atoms. The van der Waals surface area contributed by atoms with E-state index in [1.165, 1.54) is 0 Å². The van der Waals surface area contributed by atoms with Crippen molar-refractivity contribution in [3.8, 4) is 12.1 Å². The van der Waals surface area contributed by atoms with Crippen molar-refractivity contribution in [3.63, 3.8) is 0 Å². The number of nitrogens with one attached hydrogen (secondary N) is 2. The first-order valence-electron chi connectivity index (χ1n) is 5.48. The van der Waals surface area contributed by atoms with E-state index in [0.717, 1.165) is 19.3 Å². The minimum Gasteiger partial charge on any atom is -0.355 e. The first-order valence-corrected chi connectivity index (χ1v) is 5.48. The van der Waals surface area contributed by atoms with Crippen LogP contribution in [-0.4, -0.2) is 24.9 Å². The topological polar surface area (TPSA) is 106 Å². The highest BCUT2D eigenvalue weighted by molar-refractivity contribution is 5.78. The molecule has 0 saturated heterocycles. The molecule has 2 N–H and O–H groups in total. The molecule has 0 heterocycles. The molecule has 2 amide bonds. The van der Waals surface area contributed by atoms with Crippen LogP contribution in [0.5, 0.6) is 0 Å². The predicted molar refractivity (Wildman–Crippen MR) is 60.3 cm³/mol. The van der Waals surface area contributed by atoms with E-state index in [-0.39, 0.29) is 24.7 Å². The fourth-order valence-electron chi connectivity index (χ4n) is 1.15. The number of hydrogen-bond donors (Lipinski definition) is 2. The van der Waals surface area contributed by atoms with E-state index < -0.39 is 0 Å². The molecule has 0 atom stereocenters. The quantitative estimate of drug-likeness (QED) is 0.588. The number of nitrogens with zero attached hydrogens (tertiary/aromatic N) is 2. The summed E-state index contributed by atoms with van der Waals surface area (Å²) in [5.74, 6) is -0.510. The summed E-state index contributed by atoms with van der Waals surface area (Å²) in [5, 5.41) is 21.7. The third-order valence-electron chi connectivity index (χ3n) is 1.98. The van der Waals surface area contributed by atoms with Crippen LogP contribution in [0.3, 0.4) is 0 Å². The maximum atomic E-state index is 10.9. The molecule has 0 aliphatic carbocycles. The van der Waals surface area contributed by atoms with Crippen molar-refractivity contribution in [1.29, 1.82) is 10.5 Å². The van der Waals surface area contributed by atoms with Crippen molar-refractivity contribution in [2.45, 2.75) is 32.1 Å². The Bertz CT molecular complexity index is 295. The van der Waals surface area contributed by atoms with Gasteiger partial charge in [-0.25, -0.2) is 0 Å². The van der Waals surface area contributed by atoms with Gasteiger partial charge in [-0.3, -0.25) is 9.59 Å². The maximum absolute atomic E-state index is 10.9. The fourth-order valence-corrected chi connectivity index (χ4v) is 1.15. The number of carbonyl (C=O) groups is 2. The fraction of sp³-hybridized carbons (Fsp3) is 0.636. The van der Waals surface area contributed by atoms with Gasteiger partial charge < -0.3 is 10.6 Å². The normalized spacial score (nSPS) is 8.82. The van der Waals surface area contributed by atoms with E-state index in [2.05, 4.69) is 10.6 Å². The van der Waals surface area contributed by atoms with Crippen molar-refractivity contribution in [3.05, 3.63) is 0 Å². The summed E-state index contributed by atoms with van der Waals surface area (Å²) < 4.78 is 0. The van der Waals surface area contributed by atoms with Crippen LogP contribution in [0.2, 0.25) is 0 Å². The second-order valence-electron chi connectivity index (χ2n) is 3.43. The van der Waals surface area contributed by atoms with Crippen LogP contribution in [0, 0.1) is 22.7 Å². The van der Waals surface area contributed by atoms with Gasteiger partial charge in [0.1, 0.15) is 12.8 Å². The van der Waals surface area contributed by atoms with E-state index >= 15 is 0 Å². The molecule has 0 radical (unpaired) electrons. The molecule has 0 unspecified atom stereocenters. The summed E-state index contributed by atoms with van der Waals surface area (Å²) >= 11 is 0. The molecule has 0 bridgehead atoms. The second kappa shape index (κ2) is 10.4. The van der Waals surface area contributed by atoms with Gasteiger partial charge in [-0.2, -0.15) is 10.5 Å². The number of rotatable bonds is 8. The van der Waals surface area contributed by atoms with Crippen LogP contribution in [0.15, 0.2) is 0 Å². The van der Waals surface area contributed by atoms with Crippen LogP contribution in [-0.2, 0) is 9.59 Å². The molecule has 0 rings (SSSR count). The average Bonchev–Trinajstić information content (AvgIpc) is 2.28. The first-order chi connectivity index (χ1) is 8.20. The third kappa shape index (κ3) is 10.2. The van der Waals surface area contributed by atoms with Crippen LogP contribution in [0.25, 0.3) is 0 Å². The molecule has 0 aromatic heterocycles. The van der Waals surface area contributed by atoms with Gasteiger partial charge in [0.2, 0.25) is 11.8 Å². The maximum Gasteiger partial charge on any atom is 0.234 e. The van der Waals surface area contributed by atoms with Crippen LogP contribution < -0.4 is 10.6 Å². The first kappa shape index (κ1) is 14.9. The van der Waals surface area contributed by atoms with Crippen molar-refractivity contribution in [1.82, 2.24) is 10.6 Å². The summed E-state index contributed by atoms with van der Waals surface area (Å²) in [4.78, 5) is 21.7. The highest BCUT2D eigenvalue weighted by Gasteiger charge is 1.99. The number of nitriles is 2. The molecule has 92 valence electrons. The summed E-state index contributed by atoms with van der Waals surface area (Å²) in [7, 11) is 0. The van der Waals surface area contributed by atoms with Crippen molar-refractivity contribution >= 4 is 11.8 Å². The number of unbranched alkanes of at least 4 members (excludes halogenated alkanes) is 2. The molecule has 0 saturated carbocycles. The van der Waals surface area contributed by atoms with Gasteiger partial charge in [0.05, 0.1) is 12.1 Å². The standard InChI is InChI=1S/C11H16N4O2/c12-6-4-10(16)14-8-2-1-3-9-15-11(17)5-7-13/h1-5,8-9H2,(H,14,16)(H,15,17). The van der Waals surface area contributed by atoms with Gasteiger partial charge in [-0.05, 0) is 19.3 Å². The van der Waals surface area contributed by atoms with E-state index in [1.807, 2.05) is 0 Å². The lowest BCUT2D eigenvalue weighted by Crippen LogP contribution is -2.25. The minimum absolute atomic E-state index is 0.107. The zero-order chi connectivity index (χ0) is 12.9. The molecule has 0 spiro atoms. The molecule has 0 aromatic rings. The van der Waals surface area contributed by atoms with Gasteiger partial charge in [0.25, 0.3) is 0 Å². The Labute approximate surface area is 101 Å². The second-order valence-corrected chi connectivity index (χ2v) is 3.43. The Morgan fingerprint density at radius 3 is 1.59 bits per heavy atom. The minimum atomic E-state index is -0.255. The van der Waals surface area contributed by atoms with Crippen molar-refractivity contribution in [2.75, 3.05) is 13.1 Å². The Morgan fingerprint density at radius 1 is 0.824 bits per heavy atom. The SMILES string of the molecule is N#CCC(=O)NCCCCCNC(=O)CC#N. The van der Waals surface area contributed by atoms with Gasteiger partial charge in [0.15, 0.2) is 0 Å². The van der Waals surface area contributed by atoms with Crippen LogP contribution in [0.1, 0.15) is 32.1 Å². The van der Waals surface area contributed by atoms with E-state index in [4.69, 9.17) is 10.5 Å². The summed E-state index contributed by atoms with van der Waals surface area (Å²) in [5.41, 5.74) is 0. The zero-order valence-corrected chi connectivity index (χ0v) is 9.66. The molecule has 0 aromatic carbocycles. The molecule has 6 heteroatoms.